The van der Waals surface area contributed by atoms with Crippen molar-refractivity contribution in [1.29, 1.82) is 0 Å². The molecular formula is C19H18FN. The SMILES string of the molecule is CCCCc1cccc(-c2nccc3cccc(F)c23)c1. The average Bonchev–Trinajstić information content (AvgIpc) is 2.53. The van der Waals surface area contributed by atoms with Gasteiger partial charge in [0.2, 0.25) is 0 Å². The van der Waals surface area contributed by atoms with Crippen LogP contribution in [0.4, 0.5) is 4.39 Å². The van der Waals surface area contributed by atoms with E-state index < -0.39 is 0 Å². The molecule has 0 saturated carbocycles. The first kappa shape index (κ1) is 13.7. The van der Waals surface area contributed by atoms with Gasteiger partial charge in [-0.1, -0.05) is 43.7 Å². The third-order valence-electron chi connectivity index (χ3n) is 3.76. The highest BCUT2D eigenvalue weighted by Gasteiger charge is 2.09. The second-order valence-corrected chi connectivity index (χ2v) is 5.30. The summed E-state index contributed by atoms with van der Waals surface area (Å²) in [7, 11) is 0. The van der Waals surface area contributed by atoms with Crippen molar-refractivity contribution in [2.75, 3.05) is 0 Å². The summed E-state index contributed by atoms with van der Waals surface area (Å²) in [5.41, 5.74) is 2.99. The smallest absolute Gasteiger partial charge is 0.133 e. The molecular weight excluding hydrogens is 261 g/mol. The molecule has 0 bridgehead atoms. The van der Waals surface area contributed by atoms with Gasteiger partial charge in [-0.3, -0.25) is 4.98 Å². The first-order chi connectivity index (χ1) is 10.3. The zero-order chi connectivity index (χ0) is 14.7. The van der Waals surface area contributed by atoms with Crippen molar-refractivity contribution >= 4 is 10.8 Å². The molecule has 0 fully saturated rings. The minimum absolute atomic E-state index is 0.213. The van der Waals surface area contributed by atoms with Crippen LogP contribution in [0.15, 0.2) is 54.7 Å². The molecule has 0 atom stereocenters. The lowest BCUT2D eigenvalue weighted by molar-refractivity contribution is 0.640. The fourth-order valence-electron chi connectivity index (χ4n) is 2.66. The van der Waals surface area contributed by atoms with Crippen LogP contribution in [0.5, 0.6) is 0 Å². The molecule has 1 nitrogen and oxygen atoms in total. The van der Waals surface area contributed by atoms with Gasteiger partial charge in [-0.2, -0.15) is 0 Å². The second-order valence-electron chi connectivity index (χ2n) is 5.30. The standard InChI is InChI=1S/C19H18FN/c1-2-3-6-14-7-4-9-16(13-14)19-18-15(11-12-21-19)8-5-10-17(18)20/h4-5,7-13H,2-3,6H2,1H3. The van der Waals surface area contributed by atoms with E-state index in [2.05, 4.69) is 24.0 Å². The van der Waals surface area contributed by atoms with Crippen molar-refractivity contribution in [3.8, 4) is 11.3 Å². The van der Waals surface area contributed by atoms with Gasteiger partial charge < -0.3 is 0 Å². The molecule has 0 spiro atoms. The van der Waals surface area contributed by atoms with E-state index in [0.717, 1.165) is 23.1 Å². The number of unbranched alkanes of at least 4 members (excludes halogenated alkanes) is 1. The van der Waals surface area contributed by atoms with E-state index in [9.17, 15) is 4.39 Å². The molecule has 0 saturated heterocycles. The lowest BCUT2D eigenvalue weighted by Gasteiger charge is -2.08. The first-order valence-electron chi connectivity index (χ1n) is 7.42. The quantitative estimate of drug-likeness (QED) is 0.624. The minimum atomic E-state index is -0.213. The number of aryl methyl sites for hydroxylation is 1. The molecule has 0 aliphatic heterocycles. The van der Waals surface area contributed by atoms with Crippen LogP contribution in [0.25, 0.3) is 22.0 Å². The normalized spacial score (nSPS) is 11.0. The van der Waals surface area contributed by atoms with E-state index in [1.807, 2.05) is 24.3 Å². The number of pyridine rings is 1. The number of hydrogen-bond donors (Lipinski definition) is 0. The van der Waals surface area contributed by atoms with Gasteiger partial charge in [0.15, 0.2) is 0 Å². The molecule has 0 unspecified atom stereocenters. The van der Waals surface area contributed by atoms with Gasteiger partial charge in [0, 0.05) is 17.1 Å². The molecule has 0 aliphatic carbocycles. The maximum absolute atomic E-state index is 14.2. The Balaban J connectivity index is 2.12. The number of benzene rings is 2. The van der Waals surface area contributed by atoms with Crippen LogP contribution < -0.4 is 0 Å². The number of nitrogens with zero attached hydrogens (tertiary/aromatic N) is 1. The topological polar surface area (TPSA) is 12.9 Å². The van der Waals surface area contributed by atoms with Crippen LogP contribution in [-0.2, 0) is 6.42 Å². The Bertz CT molecular complexity index is 759. The van der Waals surface area contributed by atoms with E-state index in [1.54, 1.807) is 12.3 Å². The van der Waals surface area contributed by atoms with Crippen LogP contribution in [0.2, 0.25) is 0 Å². The molecule has 2 heteroatoms. The van der Waals surface area contributed by atoms with E-state index >= 15 is 0 Å². The largest absolute Gasteiger partial charge is 0.255 e. The fraction of sp³-hybridized carbons (Fsp3) is 0.211. The Morgan fingerprint density at radius 3 is 2.76 bits per heavy atom. The van der Waals surface area contributed by atoms with E-state index in [-0.39, 0.29) is 5.82 Å². The van der Waals surface area contributed by atoms with Crippen LogP contribution in [-0.4, -0.2) is 4.98 Å². The molecule has 0 N–H and O–H groups in total. The van der Waals surface area contributed by atoms with Crippen molar-refractivity contribution in [2.45, 2.75) is 26.2 Å². The number of aromatic nitrogens is 1. The van der Waals surface area contributed by atoms with E-state index in [4.69, 9.17) is 0 Å². The Hall–Kier alpha value is -2.22. The molecule has 1 aromatic heterocycles. The zero-order valence-electron chi connectivity index (χ0n) is 12.1. The van der Waals surface area contributed by atoms with Gasteiger partial charge in [-0.15, -0.1) is 0 Å². The maximum atomic E-state index is 14.2. The summed E-state index contributed by atoms with van der Waals surface area (Å²) < 4.78 is 14.2. The van der Waals surface area contributed by atoms with E-state index in [1.165, 1.54) is 24.5 Å². The van der Waals surface area contributed by atoms with Gasteiger partial charge in [0.05, 0.1) is 5.69 Å². The van der Waals surface area contributed by atoms with Crippen molar-refractivity contribution in [3.05, 3.63) is 66.1 Å². The minimum Gasteiger partial charge on any atom is -0.255 e. The third kappa shape index (κ3) is 2.80. The van der Waals surface area contributed by atoms with Crippen molar-refractivity contribution in [1.82, 2.24) is 4.98 Å². The van der Waals surface area contributed by atoms with Crippen LogP contribution in [0, 0.1) is 5.82 Å². The highest BCUT2D eigenvalue weighted by atomic mass is 19.1. The van der Waals surface area contributed by atoms with Gasteiger partial charge in [0.1, 0.15) is 5.82 Å². The molecule has 0 aliphatic rings. The second kappa shape index (κ2) is 6.04. The van der Waals surface area contributed by atoms with Gasteiger partial charge in [-0.05, 0) is 42.0 Å². The summed E-state index contributed by atoms with van der Waals surface area (Å²) in [5, 5.41) is 1.49. The predicted molar refractivity (Wildman–Crippen MR) is 85.7 cm³/mol. The fourth-order valence-corrected chi connectivity index (χ4v) is 2.66. The summed E-state index contributed by atoms with van der Waals surface area (Å²) in [4.78, 5) is 4.42. The Morgan fingerprint density at radius 1 is 1.05 bits per heavy atom. The monoisotopic (exact) mass is 279 g/mol. The predicted octanol–water partition coefficient (Wildman–Crippen LogP) is 5.38. The molecule has 1 heterocycles. The third-order valence-corrected chi connectivity index (χ3v) is 3.76. The van der Waals surface area contributed by atoms with Gasteiger partial charge in [-0.25, -0.2) is 4.39 Å². The average molecular weight is 279 g/mol. The number of hydrogen-bond acceptors (Lipinski definition) is 1. The molecule has 0 amide bonds. The lowest BCUT2D eigenvalue weighted by atomic mass is 10.00. The van der Waals surface area contributed by atoms with Crippen LogP contribution in [0.1, 0.15) is 25.3 Å². The summed E-state index contributed by atoms with van der Waals surface area (Å²) >= 11 is 0. The summed E-state index contributed by atoms with van der Waals surface area (Å²) in [6, 6.07) is 15.3. The van der Waals surface area contributed by atoms with Gasteiger partial charge >= 0.3 is 0 Å². The number of fused-ring (bicyclic) bond motifs is 1. The molecule has 21 heavy (non-hydrogen) atoms. The van der Waals surface area contributed by atoms with Crippen LogP contribution >= 0.6 is 0 Å². The Labute approximate surface area is 124 Å². The molecule has 3 rings (SSSR count). The van der Waals surface area contributed by atoms with E-state index in [0.29, 0.717) is 5.39 Å². The summed E-state index contributed by atoms with van der Waals surface area (Å²) in [6.45, 7) is 2.19. The summed E-state index contributed by atoms with van der Waals surface area (Å²) in [6.07, 6.45) is 5.14. The highest BCUT2D eigenvalue weighted by molar-refractivity contribution is 5.94. The van der Waals surface area contributed by atoms with Gasteiger partial charge in [0.25, 0.3) is 0 Å². The van der Waals surface area contributed by atoms with Crippen molar-refractivity contribution in [2.24, 2.45) is 0 Å². The van der Waals surface area contributed by atoms with Crippen molar-refractivity contribution < 1.29 is 4.39 Å². The van der Waals surface area contributed by atoms with Crippen molar-refractivity contribution in [3.63, 3.8) is 0 Å². The highest BCUT2D eigenvalue weighted by Crippen LogP contribution is 2.29. The lowest BCUT2D eigenvalue weighted by Crippen LogP contribution is -1.91. The zero-order valence-corrected chi connectivity index (χ0v) is 12.1. The Morgan fingerprint density at radius 2 is 1.90 bits per heavy atom. The number of rotatable bonds is 4. The van der Waals surface area contributed by atoms with Crippen LogP contribution in [0.3, 0.4) is 0 Å². The Kier molecular flexibility index (Phi) is 3.96. The molecule has 3 aromatic rings. The molecule has 106 valence electrons. The maximum Gasteiger partial charge on any atom is 0.133 e. The number of halogens is 1. The summed E-state index contributed by atoms with van der Waals surface area (Å²) in [5.74, 6) is -0.213. The first-order valence-corrected chi connectivity index (χ1v) is 7.42. The molecule has 0 radical (unpaired) electrons. The molecule has 2 aromatic carbocycles.